The number of nitrogens with zero attached hydrogens (tertiary/aromatic N) is 1. The SMILES string of the molecule is N=C(N)Nc1ccc(N2CCOCC2)c(Cl)c1.O=C(O)O. The van der Waals surface area contributed by atoms with E-state index in [0.29, 0.717) is 5.02 Å². The number of hydrogen-bond donors (Lipinski definition) is 5. The molecule has 1 aromatic carbocycles. The molecule has 0 amide bonds. The lowest BCUT2D eigenvalue weighted by molar-refractivity contribution is 0.122. The predicted octanol–water partition coefficient (Wildman–Crippen LogP) is 1.70. The van der Waals surface area contributed by atoms with Crippen molar-refractivity contribution in [3.05, 3.63) is 23.2 Å². The van der Waals surface area contributed by atoms with Gasteiger partial charge in [-0.15, -0.1) is 0 Å². The fourth-order valence-electron chi connectivity index (χ4n) is 1.80. The summed E-state index contributed by atoms with van der Waals surface area (Å²) in [5.41, 5.74) is 6.97. The molecule has 0 aliphatic carbocycles. The molecule has 116 valence electrons. The first-order valence-electron chi connectivity index (χ1n) is 6.05. The van der Waals surface area contributed by atoms with E-state index in [0.717, 1.165) is 37.7 Å². The molecule has 1 fully saturated rings. The number of morpholine rings is 1. The molecule has 2 rings (SSSR count). The van der Waals surface area contributed by atoms with E-state index in [1.165, 1.54) is 0 Å². The van der Waals surface area contributed by atoms with Gasteiger partial charge in [-0.05, 0) is 18.2 Å². The molecular formula is C12H17ClN4O4. The van der Waals surface area contributed by atoms with Gasteiger partial charge in [0.05, 0.1) is 23.9 Å². The lowest BCUT2D eigenvalue weighted by atomic mass is 10.2. The minimum absolute atomic E-state index is 0.0970. The van der Waals surface area contributed by atoms with E-state index < -0.39 is 6.16 Å². The molecule has 0 saturated carbocycles. The van der Waals surface area contributed by atoms with Gasteiger partial charge in [-0.3, -0.25) is 5.41 Å². The molecular weight excluding hydrogens is 300 g/mol. The summed E-state index contributed by atoms with van der Waals surface area (Å²) in [4.78, 5) is 10.7. The molecule has 0 aromatic heterocycles. The van der Waals surface area contributed by atoms with E-state index in [-0.39, 0.29) is 5.96 Å². The first-order chi connectivity index (χ1) is 9.90. The van der Waals surface area contributed by atoms with Crippen LogP contribution in [0.2, 0.25) is 5.02 Å². The van der Waals surface area contributed by atoms with E-state index in [9.17, 15) is 0 Å². The smallest absolute Gasteiger partial charge is 0.450 e. The maximum atomic E-state index is 8.56. The van der Waals surface area contributed by atoms with Gasteiger partial charge < -0.3 is 30.9 Å². The van der Waals surface area contributed by atoms with Gasteiger partial charge in [-0.25, -0.2) is 4.79 Å². The highest BCUT2D eigenvalue weighted by atomic mass is 35.5. The van der Waals surface area contributed by atoms with Gasteiger partial charge in [0.15, 0.2) is 5.96 Å². The second-order valence-electron chi connectivity index (χ2n) is 4.09. The van der Waals surface area contributed by atoms with E-state index >= 15 is 0 Å². The van der Waals surface area contributed by atoms with Crippen LogP contribution in [0.15, 0.2) is 18.2 Å². The summed E-state index contributed by atoms with van der Waals surface area (Å²) in [7, 11) is 0. The van der Waals surface area contributed by atoms with Crippen LogP contribution in [-0.4, -0.2) is 48.6 Å². The highest BCUT2D eigenvalue weighted by Crippen LogP contribution is 2.29. The summed E-state index contributed by atoms with van der Waals surface area (Å²) in [5, 5.41) is 24.5. The van der Waals surface area contributed by atoms with E-state index in [4.69, 9.17) is 42.5 Å². The lowest BCUT2D eigenvalue weighted by Gasteiger charge is -2.29. The number of benzene rings is 1. The zero-order chi connectivity index (χ0) is 15.8. The largest absolute Gasteiger partial charge is 0.503 e. The van der Waals surface area contributed by atoms with Crippen molar-refractivity contribution in [3.63, 3.8) is 0 Å². The predicted molar refractivity (Wildman–Crippen MR) is 80.7 cm³/mol. The minimum atomic E-state index is -1.83. The third-order valence-electron chi connectivity index (χ3n) is 2.58. The molecule has 9 heteroatoms. The normalized spacial score (nSPS) is 13.9. The van der Waals surface area contributed by atoms with Crippen molar-refractivity contribution in [3.8, 4) is 0 Å². The van der Waals surface area contributed by atoms with Crippen molar-refractivity contribution in [2.75, 3.05) is 36.5 Å². The molecule has 21 heavy (non-hydrogen) atoms. The molecule has 1 aromatic rings. The third-order valence-corrected chi connectivity index (χ3v) is 2.88. The van der Waals surface area contributed by atoms with Crippen LogP contribution in [0.25, 0.3) is 0 Å². The number of halogens is 1. The molecule has 1 saturated heterocycles. The van der Waals surface area contributed by atoms with Crippen molar-refractivity contribution >= 4 is 35.1 Å². The molecule has 0 atom stereocenters. The van der Waals surface area contributed by atoms with Gasteiger partial charge in [-0.2, -0.15) is 0 Å². The van der Waals surface area contributed by atoms with Crippen LogP contribution in [0.5, 0.6) is 0 Å². The maximum absolute atomic E-state index is 8.56. The Hall–Kier alpha value is -2.19. The zero-order valence-corrected chi connectivity index (χ0v) is 11.9. The number of carboxylic acid groups (broad SMARTS) is 2. The molecule has 0 spiro atoms. The molecule has 1 aliphatic heterocycles. The summed E-state index contributed by atoms with van der Waals surface area (Å²) in [6, 6.07) is 5.56. The first kappa shape index (κ1) is 16.9. The van der Waals surface area contributed by atoms with Crippen molar-refractivity contribution in [1.82, 2.24) is 0 Å². The Morgan fingerprint density at radius 3 is 2.43 bits per heavy atom. The Bertz CT molecular complexity index is 502. The van der Waals surface area contributed by atoms with E-state index in [1.807, 2.05) is 12.1 Å². The fourth-order valence-corrected chi connectivity index (χ4v) is 2.10. The number of nitrogens with two attached hydrogens (primary N) is 1. The summed E-state index contributed by atoms with van der Waals surface area (Å²) in [6.45, 7) is 3.14. The van der Waals surface area contributed by atoms with Crippen LogP contribution in [0.3, 0.4) is 0 Å². The summed E-state index contributed by atoms with van der Waals surface area (Å²) < 4.78 is 5.30. The van der Waals surface area contributed by atoms with Crippen LogP contribution in [0.4, 0.5) is 16.2 Å². The molecule has 1 heterocycles. The molecule has 6 N–H and O–H groups in total. The Balaban J connectivity index is 0.000000491. The van der Waals surface area contributed by atoms with Crippen LogP contribution >= 0.6 is 11.6 Å². The molecule has 0 bridgehead atoms. The van der Waals surface area contributed by atoms with Gasteiger partial charge in [0, 0.05) is 18.8 Å². The van der Waals surface area contributed by atoms with Crippen LogP contribution in [-0.2, 0) is 4.74 Å². The minimum Gasteiger partial charge on any atom is -0.450 e. The molecule has 1 aliphatic rings. The topological polar surface area (TPSA) is 132 Å². The summed E-state index contributed by atoms with van der Waals surface area (Å²) in [6.07, 6.45) is -1.83. The summed E-state index contributed by atoms with van der Waals surface area (Å²) in [5.74, 6) is -0.0970. The first-order valence-corrected chi connectivity index (χ1v) is 6.43. The monoisotopic (exact) mass is 316 g/mol. The van der Waals surface area contributed by atoms with Crippen molar-refractivity contribution in [1.29, 1.82) is 5.41 Å². The van der Waals surface area contributed by atoms with Crippen LogP contribution in [0, 0.1) is 5.41 Å². The van der Waals surface area contributed by atoms with Gasteiger partial charge in [0.25, 0.3) is 0 Å². The number of carbonyl (C=O) groups is 1. The molecule has 8 nitrogen and oxygen atoms in total. The van der Waals surface area contributed by atoms with Crippen LogP contribution < -0.4 is 16.0 Å². The maximum Gasteiger partial charge on any atom is 0.503 e. The highest BCUT2D eigenvalue weighted by Gasteiger charge is 2.14. The Morgan fingerprint density at radius 2 is 1.95 bits per heavy atom. The van der Waals surface area contributed by atoms with Gasteiger partial charge in [0.2, 0.25) is 0 Å². The quantitative estimate of drug-likeness (QED) is 0.414. The van der Waals surface area contributed by atoms with Crippen molar-refractivity contribution in [2.45, 2.75) is 0 Å². The second-order valence-corrected chi connectivity index (χ2v) is 4.49. The van der Waals surface area contributed by atoms with E-state index in [2.05, 4.69) is 10.2 Å². The standard InChI is InChI=1S/C11H15ClN4O.CH2O3/c12-9-7-8(15-11(13)14)1-2-10(9)16-3-5-17-6-4-16;2-1(3)4/h1-2,7H,3-6H2,(H4,13,14,15);(H2,2,3,4). The highest BCUT2D eigenvalue weighted by molar-refractivity contribution is 6.33. The van der Waals surface area contributed by atoms with Crippen molar-refractivity contribution in [2.24, 2.45) is 5.73 Å². The van der Waals surface area contributed by atoms with Gasteiger partial charge >= 0.3 is 6.16 Å². The average molecular weight is 317 g/mol. The van der Waals surface area contributed by atoms with Crippen LogP contribution in [0.1, 0.15) is 0 Å². The third kappa shape index (κ3) is 6.19. The number of hydrogen-bond acceptors (Lipinski definition) is 4. The van der Waals surface area contributed by atoms with E-state index in [1.54, 1.807) is 6.07 Å². The number of nitrogens with one attached hydrogen (secondary N) is 2. The lowest BCUT2D eigenvalue weighted by Crippen LogP contribution is -2.36. The fraction of sp³-hybridized carbons (Fsp3) is 0.333. The van der Waals surface area contributed by atoms with Gasteiger partial charge in [0.1, 0.15) is 0 Å². The summed E-state index contributed by atoms with van der Waals surface area (Å²) >= 11 is 6.21. The van der Waals surface area contributed by atoms with Crippen molar-refractivity contribution < 1.29 is 19.7 Å². The number of guanidine groups is 1. The Kier molecular flexibility index (Phi) is 6.57. The van der Waals surface area contributed by atoms with Gasteiger partial charge in [-0.1, -0.05) is 11.6 Å². The molecule has 0 unspecified atom stereocenters. The zero-order valence-electron chi connectivity index (χ0n) is 11.2. The number of ether oxygens (including phenoxy) is 1. The second kappa shape index (κ2) is 8.18. The average Bonchev–Trinajstić information content (AvgIpc) is 2.38. The number of rotatable bonds is 2. The molecule has 0 radical (unpaired) electrons. The number of anilines is 2. The Morgan fingerprint density at radius 1 is 1.38 bits per heavy atom. The Labute approximate surface area is 126 Å².